The molecule has 2 N–H and O–H groups in total. The van der Waals surface area contributed by atoms with Gasteiger partial charge in [-0.05, 0) is 38.2 Å². The number of nitro groups is 1. The summed E-state index contributed by atoms with van der Waals surface area (Å²) < 4.78 is 0. The van der Waals surface area contributed by atoms with Gasteiger partial charge >= 0.3 is 0 Å². The molecule has 0 bridgehead atoms. The third-order valence-corrected chi connectivity index (χ3v) is 3.88. The first-order valence-corrected chi connectivity index (χ1v) is 8.03. The topological polar surface area (TPSA) is 101 Å². The van der Waals surface area contributed by atoms with E-state index in [1.807, 2.05) is 0 Å². The molecule has 0 aromatic heterocycles. The lowest BCUT2D eigenvalue weighted by Gasteiger charge is -2.13. The van der Waals surface area contributed by atoms with Crippen LogP contribution in [0.25, 0.3) is 0 Å². The number of hydrogen-bond acceptors (Lipinski definition) is 4. The zero-order chi connectivity index (χ0) is 17.4. The maximum atomic E-state index is 11.9. The number of benzene rings is 1. The van der Waals surface area contributed by atoms with Crippen molar-refractivity contribution in [3.05, 3.63) is 51.6 Å². The van der Waals surface area contributed by atoms with Crippen LogP contribution in [0.3, 0.4) is 0 Å². The Morgan fingerprint density at radius 3 is 2.75 bits per heavy atom. The molecule has 0 atom stereocenters. The van der Waals surface area contributed by atoms with Crippen LogP contribution in [-0.2, 0) is 4.79 Å². The first kappa shape index (κ1) is 17.7. The zero-order valence-electron chi connectivity index (χ0n) is 13.4. The summed E-state index contributed by atoms with van der Waals surface area (Å²) in [7, 11) is 0. The van der Waals surface area contributed by atoms with E-state index >= 15 is 0 Å². The third kappa shape index (κ3) is 5.49. The Labute approximate surface area is 140 Å². The predicted octanol–water partition coefficient (Wildman–Crippen LogP) is 2.33. The van der Waals surface area contributed by atoms with Crippen LogP contribution in [0.4, 0.5) is 5.69 Å². The van der Waals surface area contributed by atoms with Crippen molar-refractivity contribution in [3.8, 4) is 0 Å². The average Bonchev–Trinajstić information content (AvgIpc) is 2.60. The van der Waals surface area contributed by atoms with Crippen molar-refractivity contribution in [1.29, 1.82) is 0 Å². The number of carbonyl (C=O) groups excluding carboxylic acids is 2. The fourth-order valence-corrected chi connectivity index (χ4v) is 2.58. The van der Waals surface area contributed by atoms with Crippen molar-refractivity contribution < 1.29 is 14.5 Å². The van der Waals surface area contributed by atoms with Crippen molar-refractivity contribution in [2.45, 2.75) is 32.1 Å². The molecule has 1 aromatic carbocycles. The fraction of sp³-hybridized carbons (Fsp3) is 0.412. The van der Waals surface area contributed by atoms with Gasteiger partial charge in [0.2, 0.25) is 5.91 Å². The van der Waals surface area contributed by atoms with E-state index in [0.29, 0.717) is 6.54 Å². The van der Waals surface area contributed by atoms with E-state index in [-0.39, 0.29) is 23.7 Å². The van der Waals surface area contributed by atoms with Crippen molar-refractivity contribution in [3.63, 3.8) is 0 Å². The van der Waals surface area contributed by atoms with Crippen LogP contribution >= 0.6 is 0 Å². The molecule has 0 radical (unpaired) electrons. The highest BCUT2D eigenvalue weighted by Crippen LogP contribution is 2.19. The smallest absolute Gasteiger partial charge is 0.270 e. The Kier molecular flexibility index (Phi) is 6.48. The summed E-state index contributed by atoms with van der Waals surface area (Å²) in [6.07, 6.45) is 7.73. The fourth-order valence-electron chi connectivity index (χ4n) is 2.58. The summed E-state index contributed by atoms with van der Waals surface area (Å²) in [5.41, 5.74) is 1.37. The number of nitro benzene ring substituents is 1. The quantitative estimate of drug-likeness (QED) is 0.455. The molecule has 0 saturated heterocycles. The lowest BCUT2D eigenvalue weighted by atomic mass is 9.97. The van der Waals surface area contributed by atoms with Crippen molar-refractivity contribution >= 4 is 17.5 Å². The minimum atomic E-state index is -0.566. The van der Waals surface area contributed by atoms with Crippen molar-refractivity contribution in [2.24, 2.45) is 0 Å². The van der Waals surface area contributed by atoms with E-state index in [1.165, 1.54) is 42.7 Å². The summed E-state index contributed by atoms with van der Waals surface area (Å²) in [6, 6.07) is 5.40. The van der Waals surface area contributed by atoms with E-state index < -0.39 is 10.8 Å². The molecule has 24 heavy (non-hydrogen) atoms. The molecule has 1 aromatic rings. The Morgan fingerprint density at radius 2 is 2.04 bits per heavy atom. The Morgan fingerprint density at radius 1 is 1.21 bits per heavy atom. The van der Waals surface area contributed by atoms with E-state index in [0.717, 1.165) is 19.3 Å². The number of non-ortho nitro benzene ring substituents is 1. The molecule has 128 valence electrons. The van der Waals surface area contributed by atoms with E-state index in [9.17, 15) is 19.7 Å². The standard InChI is InChI=1S/C17H21N3O4/c21-16(18-10-9-13-5-2-1-3-6-13)12-19-17(22)14-7-4-8-15(11-14)20(23)24/h4-5,7-8,11H,1-3,6,9-10,12H2,(H,18,21)(H,19,22). The average molecular weight is 331 g/mol. The highest BCUT2D eigenvalue weighted by Gasteiger charge is 2.12. The molecule has 7 nitrogen and oxygen atoms in total. The molecule has 0 saturated carbocycles. The van der Waals surface area contributed by atoms with Gasteiger partial charge in [0.1, 0.15) is 0 Å². The van der Waals surface area contributed by atoms with Gasteiger partial charge in [0.15, 0.2) is 0 Å². The van der Waals surface area contributed by atoms with Crippen molar-refractivity contribution in [2.75, 3.05) is 13.1 Å². The monoisotopic (exact) mass is 331 g/mol. The van der Waals surface area contributed by atoms with Crippen LogP contribution in [0.1, 0.15) is 42.5 Å². The van der Waals surface area contributed by atoms with Gasteiger partial charge in [-0.1, -0.05) is 17.7 Å². The van der Waals surface area contributed by atoms with Gasteiger partial charge in [-0.25, -0.2) is 0 Å². The first-order valence-electron chi connectivity index (χ1n) is 8.03. The normalized spacial score (nSPS) is 13.8. The second-order valence-corrected chi connectivity index (χ2v) is 5.70. The number of carbonyl (C=O) groups is 2. The van der Waals surface area contributed by atoms with E-state index in [2.05, 4.69) is 16.7 Å². The van der Waals surface area contributed by atoms with Gasteiger partial charge in [-0.15, -0.1) is 0 Å². The van der Waals surface area contributed by atoms with Crippen LogP contribution < -0.4 is 10.6 Å². The van der Waals surface area contributed by atoms with Crippen molar-refractivity contribution in [1.82, 2.24) is 10.6 Å². The molecule has 1 aliphatic rings. The Balaban J connectivity index is 1.72. The largest absolute Gasteiger partial charge is 0.354 e. The summed E-state index contributed by atoms with van der Waals surface area (Å²) in [5.74, 6) is -0.783. The van der Waals surface area contributed by atoms with E-state index in [1.54, 1.807) is 0 Å². The van der Waals surface area contributed by atoms with E-state index in [4.69, 9.17) is 0 Å². The van der Waals surface area contributed by atoms with Crippen LogP contribution in [0.2, 0.25) is 0 Å². The molecule has 2 amide bonds. The maximum Gasteiger partial charge on any atom is 0.270 e. The molecule has 2 rings (SSSR count). The molecule has 7 heteroatoms. The first-order chi connectivity index (χ1) is 11.6. The number of nitrogens with one attached hydrogen (secondary N) is 2. The number of allylic oxidation sites excluding steroid dienone is 1. The second-order valence-electron chi connectivity index (χ2n) is 5.70. The molecule has 0 unspecified atom stereocenters. The molecular weight excluding hydrogens is 310 g/mol. The highest BCUT2D eigenvalue weighted by molar-refractivity contribution is 5.96. The molecule has 1 aliphatic carbocycles. The number of amides is 2. The summed E-state index contributed by atoms with van der Waals surface area (Å²) in [6.45, 7) is 0.401. The Hall–Kier alpha value is -2.70. The van der Waals surface area contributed by atoms with Crippen LogP contribution in [-0.4, -0.2) is 29.8 Å². The number of nitrogens with zero attached hydrogens (tertiary/aromatic N) is 1. The Bertz CT molecular complexity index is 655. The maximum absolute atomic E-state index is 11.9. The van der Waals surface area contributed by atoms with Gasteiger partial charge in [0.05, 0.1) is 11.5 Å². The predicted molar refractivity (Wildman–Crippen MR) is 89.6 cm³/mol. The molecule has 0 aliphatic heterocycles. The zero-order valence-corrected chi connectivity index (χ0v) is 13.4. The highest BCUT2D eigenvalue weighted by atomic mass is 16.6. The minimum absolute atomic E-state index is 0.152. The summed E-state index contributed by atoms with van der Waals surface area (Å²) in [5, 5.41) is 15.9. The minimum Gasteiger partial charge on any atom is -0.354 e. The van der Waals surface area contributed by atoms with Gasteiger partial charge in [0, 0.05) is 24.2 Å². The molecule has 0 heterocycles. The molecule has 0 spiro atoms. The third-order valence-electron chi connectivity index (χ3n) is 3.88. The second kappa shape index (κ2) is 8.81. The van der Waals surface area contributed by atoms with Gasteiger partial charge < -0.3 is 10.6 Å². The molecular formula is C17H21N3O4. The lowest BCUT2D eigenvalue weighted by molar-refractivity contribution is -0.384. The SMILES string of the molecule is O=C(CNC(=O)c1cccc([N+](=O)[O-])c1)NCCC1=CCCCC1. The number of hydrogen-bond donors (Lipinski definition) is 2. The lowest BCUT2D eigenvalue weighted by Crippen LogP contribution is -2.37. The molecule has 0 fully saturated rings. The van der Waals surface area contributed by atoms with Crippen LogP contribution in [0, 0.1) is 10.1 Å². The van der Waals surface area contributed by atoms with Gasteiger partial charge in [-0.3, -0.25) is 19.7 Å². The van der Waals surface area contributed by atoms with Crippen LogP contribution in [0.5, 0.6) is 0 Å². The number of rotatable bonds is 7. The van der Waals surface area contributed by atoms with Gasteiger partial charge in [-0.2, -0.15) is 0 Å². The van der Waals surface area contributed by atoms with Crippen LogP contribution in [0.15, 0.2) is 35.9 Å². The van der Waals surface area contributed by atoms with Gasteiger partial charge in [0.25, 0.3) is 11.6 Å². The summed E-state index contributed by atoms with van der Waals surface area (Å²) in [4.78, 5) is 33.8. The summed E-state index contributed by atoms with van der Waals surface area (Å²) >= 11 is 0.